The van der Waals surface area contributed by atoms with Crippen LogP contribution in [0.25, 0.3) is 0 Å². The zero-order chi connectivity index (χ0) is 11.5. The molecule has 0 spiro atoms. The van der Waals surface area contributed by atoms with Crippen LogP contribution >= 0.6 is 11.3 Å². The second-order valence-electron chi connectivity index (χ2n) is 4.82. The van der Waals surface area contributed by atoms with Gasteiger partial charge in [0.05, 0.1) is 12.2 Å². The molecule has 0 radical (unpaired) electrons. The van der Waals surface area contributed by atoms with Gasteiger partial charge in [-0.15, -0.1) is 11.3 Å². The molecule has 0 aliphatic carbocycles. The Morgan fingerprint density at radius 1 is 1.31 bits per heavy atom. The number of hydrogen-bond acceptors (Lipinski definition) is 3. The van der Waals surface area contributed by atoms with E-state index in [1.165, 1.54) is 9.75 Å². The highest BCUT2D eigenvalue weighted by atomic mass is 32.1. The van der Waals surface area contributed by atoms with E-state index in [2.05, 4.69) is 38.2 Å². The normalized spacial score (nSPS) is 30.6. The lowest BCUT2D eigenvalue weighted by Crippen LogP contribution is -2.40. The van der Waals surface area contributed by atoms with Crippen LogP contribution in [0.5, 0.6) is 0 Å². The largest absolute Gasteiger partial charge is 0.375 e. The summed E-state index contributed by atoms with van der Waals surface area (Å²) >= 11 is 1.88. The lowest BCUT2D eigenvalue weighted by molar-refractivity contribution is -0.0422. The van der Waals surface area contributed by atoms with Gasteiger partial charge >= 0.3 is 0 Å². The van der Waals surface area contributed by atoms with Crippen molar-refractivity contribution in [3.8, 4) is 0 Å². The first kappa shape index (κ1) is 12.1. The van der Waals surface area contributed by atoms with Crippen molar-refractivity contribution in [2.45, 2.75) is 58.4 Å². The third-order valence-electron chi connectivity index (χ3n) is 3.06. The van der Waals surface area contributed by atoms with Crippen molar-refractivity contribution in [2.24, 2.45) is 0 Å². The molecule has 2 nitrogen and oxygen atoms in total. The first-order valence-electron chi connectivity index (χ1n) is 6.07. The van der Waals surface area contributed by atoms with E-state index in [4.69, 9.17) is 4.74 Å². The zero-order valence-corrected chi connectivity index (χ0v) is 11.1. The highest BCUT2D eigenvalue weighted by molar-refractivity contribution is 7.11. The molecule has 1 fully saturated rings. The first-order valence-corrected chi connectivity index (χ1v) is 6.89. The van der Waals surface area contributed by atoms with Crippen molar-refractivity contribution in [3.05, 3.63) is 21.9 Å². The summed E-state index contributed by atoms with van der Waals surface area (Å²) in [5, 5.41) is 3.64. The molecule has 0 saturated carbocycles. The van der Waals surface area contributed by atoms with Gasteiger partial charge in [0.25, 0.3) is 0 Å². The van der Waals surface area contributed by atoms with Gasteiger partial charge in [0, 0.05) is 22.3 Å². The molecule has 2 unspecified atom stereocenters. The molecule has 2 atom stereocenters. The Balaban J connectivity index is 1.81. The van der Waals surface area contributed by atoms with Crippen LogP contribution in [0.2, 0.25) is 0 Å². The van der Waals surface area contributed by atoms with Crippen LogP contribution in [0.4, 0.5) is 0 Å². The fraction of sp³-hybridized carbons (Fsp3) is 0.692. The van der Waals surface area contributed by atoms with Gasteiger partial charge in [-0.3, -0.25) is 0 Å². The molecule has 3 heteroatoms. The zero-order valence-electron chi connectivity index (χ0n) is 10.3. The fourth-order valence-corrected chi connectivity index (χ4v) is 3.24. The molecule has 90 valence electrons. The van der Waals surface area contributed by atoms with Crippen molar-refractivity contribution < 1.29 is 4.74 Å². The van der Waals surface area contributed by atoms with Gasteiger partial charge in [-0.2, -0.15) is 0 Å². The summed E-state index contributed by atoms with van der Waals surface area (Å²) in [5.41, 5.74) is 0. The average molecular weight is 239 g/mol. The van der Waals surface area contributed by atoms with Gasteiger partial charge in [-0.05, 0) is 45.7 Å². The van der Waals surface area contributed by atoms with Crippen LogP contribution in [-0.2, 0) is 11.3 Å². The Morgan fingerprint density at radius 2 is 2.00 bits per heavy atom. The van der Waals surface area contributed by atoms with E-state index in [0.717, 1.165) is 19.4 Å². The number of rotatable bonds is 3. The van der Waals surface area contributed by atoms with Gasteiger partial charge < -0.3 is 10.1 Å². The molecule has 1 aliphatic rings. The van der Waals surface area contributed by atoms with Crippen molar-refractivity contribution in [1.29, 1.82) is 0 Å². The molecule has 0 amide bonds. The molecule has 1 aromatic rings. The Morgan fingerprint density at radius 3 is 2.56 bits per heavy atom. The van der Waals surface area contributed by atoms with E-state index in [1.54, 1.807) is 0 Å². The van der Waals surface area contributed by atoms with Crippen molar-refractivity contribution in [3.63, 3.8) is 0 Å². The quantitative estimate of drug-likeness (QED) is 0.875. The molecule has 1 N–H and O–H groups in total. The second kappa shape index (κ2) is 5.30. The lowest BCUT2D eigenvalue weighted by Gasteiger charge is -2.32. The molecular formula is C13H21NOS. The summed E-state index contributed by atoms with van der Waals surface area (Å²) in [6, 6.07) is 5.02. The van der Waals surface area contributed by atoms with Crippen LogP contribution in [0.3, 0.4) is 0 Å². The number of thiophene rings is 1. The van der Waals surface area contributed by atoms with Crippen LogP contribution in [-0.4, -0.2) is 18.2 Å². The third kappa shape index (κ3) is 3.30. The molecule has 16 heavy (non-hydrogen) atoms. The average Bonchev–Trinajstić information content (AvgIpc) is 2.60. The minimum absolute atomic E-state index is 0.395. The maximum atomic E-state index is 5.74. The minimum atomic E-state index is 0.395. The molecule has 0 bridgehead atoms. The molecule has 0 aromatic carbocycles. The van der Waals surface area contributed by atoms with E-state index < -0.39 is 0 Å². The van der Waals surface area contributed by atoms with E-state index in [0.29, 0.717) is 18.2 Å². The second-order valence-corrected chi connectivity index (χ2v) is 6.19. The number of ether oxygens (including phenoxy) is 1. The topological polar surface area (TPSA) is 21.3 Å². The minimum Gasteiger partial charge on any atom is -0.375 e. The van der Waals surface area contributed by atoms with Gasteiger partial charge in [0.1, 0.15) is 0 Å². The van der Waals surface area contributed by atoms with Gasteiger partial charge in [0.2, 0.25) is 0 Å². The molecule has 1 aliphatic heterocycles. The summed E-state index contributed by atoms with van der Waals surface area (Å²) in [6.07, 6.45) is 3.06. The maximum absolute atomic E-state index is 5.74. The number of hydrogen-bond donors (Lipinski definition) is 1. The van der Waals surface area contributed by atoms with Crippen LogP contribution < -0.4 is 5.32 Å². The lowest BCUT2D eigenvalue weighted by atomic mass is 10.00. The van der Waals surface area contributed by atoms with Crippen LogP contribution in [0.15, 0.2) is 12.1 Å². The van der Waals surface area contributed by atoms with Crippen molar-refractivity contribution in [1.82, 2.24) is 5.32 Å². The molecular weight excluding hydrogens is 218 g/mol. The Bertz CT molecular complexity index is 326. The molecule has 2 rings (SSSR count). The predicted octanol–water partition coefficient (Wildman–Crippen LogP) is 3.10. The summed E-state index contributed by atoms with van der Waals surface area (Å²) in [4.78, 5) is 2.83. The Labute approximate surface area is 102 Å². The summed E-state index contributed by atoms with van der Waals surface area (Å²) in [6.45, 7) is 7.49. The molecule has 2 heterocycles. The predicted molar refractivity (Wildman–Crippen MR) is 68.9 cm³/mol. The van der Waals surface area contributed by atoms with Gasteiger partial charge in [-0.25, -0.2) is 0 Å². The monoisotopic (exact) mass is 239 g/mol. The van der Waals surface area contributed by atoms with E-state index >= 15 is 0 Å². The first-order chi connectivity index (χ1) is 7.63. The van der Waals surface area contributed by atoms with E-state index in [-0.39, 0.29) is 0 Å². The van der Waals surface area contributed by atoms with Gasteiger partial charge in [-0.1, -0.05) is 0 Å². The number of aryl methyl sites for hydroxylation is 1. The van der Waals surface area contributed by atoms with Crippen molar-refractivity contribution >= 4 is 11.3 Å². The van der Waals surface area contributed by atoms with Crippen LogP contribution in [0, 0.1) is 6.92 Å². The molecule has 1 saturated heterocycles. The Hall–Kier alpha value is -0.380. The van der Waals surface area contributed by atoms with Crippen LogP contribution in [0.1, 0.15) is 36.4 Å². The summed E-state index contributed by atoms with van der Waals surface area (Å²) < 4.78 is 5.74. The molecule has 1 aromatic heterocycles. The maximum Gasteiger partial charge on any atom is 0.0565 e. The summed E-state index contributed by atoms with van der Waals surface area (Å²) in [5.74, 6) is 0. The van der Waals surface area contributed by atoms with E-state index in [1.807, 2.05) is 11.3 Å². The number of nitrogens with one attached hydrogen (secondary N) is 1. The smallest absolute Gasteiger partial charge is 0.0565 e. The highest BCUT2D eigenvalue weighted by Crippen LogP contribution is 2.20. The van der Waals surface area contributed by atoms with Crippen molar-refractivity contribution in [2.75, 3.05) is 0 Å². The SMILES string of the molecule is Cc1ccc(CNC2CC(C)OC(C)C2)s1. The van der Waals surface area contributed by atoms with Gasteiger partial charge in [0.15, 0.2) is 0 Å². The highest BCUT2D eigenvalue weighted by Gasteiger charge is 2.23. The van der Waals surface area contributed by atoms with E-state index in [9.17, 15) is 0 Å². The Kier molecular flexibility index (Phi) is 4.00. The third-order valence-corrected chi connectivity index (χ3v) is 4.06. The standard InChI is InChI=1S/C13H21NOS/c1-9-6-12(7-10(2)15-9)14-8-13-5-4-11(3)16-13/h4-5,9-10,12,14H,6-8H2,1-3H3. The fourth-order valence-electron chi connectivity index (χ4n) is 2.40. The summed E-state index contributed by atoms with van der Waals surface area (Å²) in [7, 11) is 0.